The van der Waals surface area contributed by atoms with Crippen molar-refractivity contribution in [2.75, 3.05) is 68.8 Å². The number of hydrogen-bond donors (Lipinski definition) is 2. The first-order valence-corrected chi connectivity index (χ1v) is 12.4. The number of benzene rings is 1. The summed E-state index contributed by atoms with van der Waals surface area (Å²) in [7, 11) is 1.70. The number of nitrogens with one attached hydrogen (secondary N) is 1. The van der Waals surface area contributed by atoms with Crippen LogP contribution in [0.2, 0.25) is 0 Å². The lowest BCUT2D eigenvalue weighted by Crippen LogP contribution is -2.48. The van der Waals surface area contributed by atoms with Gasteiger partial charge < -0.3 is 20.2 Å². The maximum Gasteiger partial charge on any atom is 0.255 e. The summed E-state index contributed by atoms with van der Waals surface area (Å²) in [5.41, 5.74) is 2.72. The number of halogens is 1. The molecular weight excluding hydrogens is 461 g/mol. The van der Waals surface area contributed by atoms with Crippen molar-refractivity contribution >= 4 is 11.6 Å². The van der Waals surface area contributed by atoms with Crippen molar-refractivity contribution in [1.29, 1.82) is 0 Å². The van der Waals surface area contributed by atoms with Gasteiger partial charge in [0.25, 0.3) is 5.56 Å². The molecule has 2 saturated heterocycles. The van der Waals surface area contributed by atoms with Gasteiger partial charge in [0.15, 0.2) is 5.82 Å². The van der Waals surface area contributed by atoms with Crippen molar-refractivity contribution in [3.8, 4) is 11.3 Å². The van der Waals surface area contributed by atoms with E-state index < -0.39 is 5.82 Å². The van der Waals surface area contributed by atoms with Gasteiger partial charge in [0, 0.05) is 89.0 Å². The molecule has 36 heavy (non-hydrogen) atoms. The molecule has 0 bridgehead atoms. The van der Waals surface area contributed by atoms with Crippen LogP contribution in [0.4, 0.5) is 16.0 Å². The van der Waals surface area contributed by atoms with E-state index in [9.17, 15) is 9.18 Å². The average molecular weight is 494 g/mol. The van der Waals surface area contributed by atoms with Crippen LogP contribution in [0.5, 0.6) is 0 Å². The molecule has 3 aromatic rings. The van der Waals surface area contributed by atoms with Crippen LogP contribution in [-0.4, -0.2) is 83.5 Å². The van der Waals surface area contributed by atoms with Crippen LogP contribution in [0, 0.1) is 5.82 Å². The third-order valence-electron chi connectivity index (χ3n) is 7.07. The van der Waals surface area contributed by atoms with Crippen molar-refractivity contribution in [3.05, 3.63) is 70.5 Å². The van der Waals surface area contributed by atoms with E-state index in [0.29, 0.717) is 24.7 Å². The molecule has 2 fully saturated rings. The Hall–Kier alpha value is -3.34. The van der Waals surface area contributed by atoms with Gasteiger partial charge in [-0.3, -0.25) is 19.2 Å². The van der Waals surface area contributed by atoms with E-state index in [1.54, 1.807) is 7.05 Å². The van der Waals surface area contributed by atoms with Gasteiger partial charge in [-0.2, -0.15) is 0 Å². The lowest BCUT2D eigenvalue weighted by molar-refractivity contribution is 0.189. The van der Waals surface area contributed by atoms with Gasteiger partial charge in [-0.1, -0.05) is 12.1 Å². The van der Waals surface area contributed by atoms with Crippen molar-refractivity contribution in [2.45, 2.75) is 6.04 Å². The number of aliphatic hydroxyl groups is 1. The lowest BCUT2D eigenvalue weighted by atomic mass is 10.0. The number of nitrogens with zero attached hydrogens (tertiary/aromatic N) is 6. The number of aromatic nitrogens is 3. The second-order valence-electron chi connectivity index (χ2n) is 9.29. The second kappa shape index (κ2) is 10.7. The molecule has 5 rings (SSSR count). The molecule has 0 amide bonds. The quantitative estimate of drug-likeness (QED) is 0.531. The van der Waals surface area contributed by atoms with Crippen molar-refractivity contribution in [2.24, 2.45) is 7.05 Å². The second-order valence-corrected chi connectivity index (χ2v) is 9.29. The summed E-state index contributed by atoms with van der Waals surface area (Å²) < 4.78 is 15.9. The lowest BCUT2D eigenvalue weighted by Gasteiger charge is -2.37. The highest BCUT2D eigenvalue weighted by Crippen LogP contribution is 2.26. The largest absolute Gasteiger partial charge is 0.395 e. The molecule has 10 heteroatoms. The summed E-state index contributed by atoms with van der Waals surface area (Å²) in [6.07, 6.45) is 2.63. The average Bonchev–Trinajstić information content (AvgIpc) is 2.91. The molecule has 2 N–H and O–H groups in total. The number of β-amino-alcohol motifs (C(OH)–C–C–N with tert-alkyl or cyclic N) is 1. The van der Waals surface area contributed by atoms with E-state index in [-0.39, 0.29) is 23.8 Å². The summed E-state index contributed by atoms with van der Waals surface area (Å²) >= 11 is 0. The first-order valence-electron chi connectivity index (χ1n) is 12.4. The van der Waals surface area contributed by atoms with Crippen molar-refractivity contribution < 1.29 is 9.50 Å². The molecule has 2 aliphatic heterocycles. The smallest absolute Gasteiger partial charge is 0.255 e. The van der Waals surface area contributed by atoms with E-state index in [0.717, 1.165) is 45.5 Å². The Balaban J connectivity index is 1.32. The molecule has 2 aliphatic rings. The highest BCUT2D eigenvalue weighted by Gasteiger charge is 2.25. The summed E-state index contributed by atoms with van der Waals surface area (Å²) in [5, 5.41) is 12.7. The number of hydrogen-bond acceptors (Lipinski definition) is 8. The van der Waals surface area contributed by atoms with Gasteiger partial charge in [-0.15, -0.1) is 0 Å². The zero-order chi connectivity index (χ0) is 25.1. The molecule has 0 radical (unpaired) electrons. The Morgan fingerprint density at radius 2 is 1.86 bits per heavy atom. The summed E-state index contributed by atoms with van der Waals surface area (Å²) in [4.78, 5) is 27.9. The molecule has 2 aromatic heterocycles. The first kappa shape index (κ1) is 24.4. The maximum absolute atomic E-state index is 14.3. The van der Waals surface area contributed by atoms with Crippen LogP contribution < -0.4 is 20.7 Å². The van der Waals surface area contributed by atoms with Gasteiger partial charge in [0.1, 0.15) is 0 Å². The minimum absolute atomic E-state index is 0.0763. The minimum Gasteiger partial charge on any atom is -0.395 e. The Morgan fingerprint density at radius 1 is 1.08 bits per heavy atom. The van der Waals surface area contributed by atoms with Gasteiger partial charge in [0.05, 0.1) is 18.5 Å². The Morgan fingerprint density at radius 3 is 2.58 bits per heavy atom. The zero-order valence-corrected chi connectivity index (χ0v) is 20.5. The predicted molar refractivity (Wildman–Crippen MR) is 138 cm³/mol. The summed E-state index contributed by atoms with van der Waals surface area (Å²) in [6, 6.07) is 11.6. The highest BCUT2D eigenvalue weighted by molar-refractivity contribution is 5.60. The number of anilines is 2. The molecule has 9 nitrogen and oxygen atoms in total. The molecular formula is C26H32FN7O2. The van der Waals surface area contributed by atoms with Gasteiger partial charge in [0.2, 0.25) is 5.95 Å². The normalized spacial score (nSPS) is 19.0. The van der Waals surface area contributed by atoms with Crippen LogP contribution in [0.25, 0.3) is 11.3 Å². The Labute approximate surface area is 209 Å². The van der Waals surface area contributed by atoms with Gasteiger partial charge in [-0.25, -0.2) is 9.37 Å². The van der Waals surface area contributed by atoms with Crippen molar-refractivity contribution in [3.63, 3.8) is 0 Å². The number of rotatable bonds is 6. The fourth-order valence-corrected chi connectivity index (χ4v) is 4.97. The van der Waals surface area contributed by atoms with Crippen LogP contribution in [-0.2, 0) is 7.05 Å². The SMILES string of the molecule is Cn1c(N2CCN[C@@H](c3ccc(N4CCN(CCO)CC4)cc3)C2)nc(-c2ccncc2F)cc1=O. The first-order chi connectivity index (χ1) is 17.5. The van der Waals surface area contributed by atoms with E-state index >= 15 is 0 Å². The molecule has 1 atom stereocenters. The third-order valence-corrected chi connectivity index (χ3v) is 7.07. The minimum atomic E-state index is -0.503. The highest BCUT2D eigenvalue weighted by atomic mass is 19.1. The molecule has 190 valence electrons. The molecule has 4 heterocycles. The number of aliphatic hydroxyl groups excluding tert-OH is 1. The standard InChI is InChI=1S/C26H32FN7O2/c1-31-25(36)16-23(21-6-7-28-17-22(21)27)30-26(31)34-9-8-29-24(18-34)19-2-4-20(5-3-19)33-12-10-32(11-13-33)14-15-35/h2-7,16-17,24,29,35H,8-15,18H2,1H3/t24-/m1/s1. The molecule has 0 spiro atoms. The topological polar surface area (TPSA) is 89.8 Å². The Kier molecular flexibility index (Phi) is 7.26. The maximum atomic E-state index is 14.3. The van der Waals surface area contributed by atoms with E-state index in [1.165, 1.54) is 34.1 Å². The summed E-state index contributed by atoms with van der Waals surface area (Å²) in [5.74, 6) is 0.0230. The van der Waals surface area contributed by atoms with E-state index in [2.05, 4.69) is 54.2 Å². The number of piperazine rings is 2. The fraction of sp³-hybridized carbons (Fsp3) is 0.423. The van der Waals surface area contributed by atoms with Gasteiger partial charge >= 0.3 is 0 Å². The van der Waals surface area contributed by atoms with E-state index in [4.69, 9.17) is 5.11 Å². The molecule has 0 aliphatic carbocycles. The van der Waals surface area contributed by atoms with Crippen LogP contribution >= 0.6 is 0 Å². The van der Waals surface area contributed by atoms with E-state index in [1.807, 2.05) is 0 Å². The summed E-state index contributed by atoms with van der Waals surface area (Å²) in [6.45, 7) is 6.81. The van der Waals surface area contributed by atoms with Crippen LogP contribution in [0.1, 0.15) is 11.6 Å². The fourth-order valence-electron chi connectivity index (χ4n) is 4.97. The van der Waals surface area contributed by atoms with Crippen molar-refractivity contribution in [1.82, 2.24) is 24.8 Å². The molecule has 0 saturated carbocycles. The molecule has 1 aromatic carbocycles. The zero-order valence-electron chi connectivity index (χ0n) is 20.5. The Bertz CT molecular complexity index is 1240. The van der Waals surface area contributed by atoms with Gasteiger partial charge in [-0.05, 0) is 23.8 Å². The number of pyridine rings is 1. The predicted octanol–water partition coefficient (Wildman–Crippen LogP) is 1.25. The van der Waals surface area contributed by atoms with Crippen LogP contribution in [0.15, 0.2) is 53.6 Å². The third kappa shape index (κ3) is 5.11. The van der Waals surface area contributed by atoms with Crippen LogP contribution in [0.3, 0.4) is 0 Å². The monoisotopic (exact) mass is 493 g/mol. The molecule has 0 unspecified atom stereocenters.